The van der Waals surface area contributed by atoms with Gasteiger partial charge >= 0.3 is 0 Å². The van der Waals surface area contributed by atoms with Gasteiger partial charge in [-0.3, -0.25) is 0 Å². The molecule has 0 aliphatic heterocycles. The number of halogens is 1. The highest BCUT2D eigenvalue weighted by molar-refractivity contribution is 9.11. The van der Waals surface area contributed by atoms with Gasteiger partial charge in [-0.1, -0.05) is 64.0 Å². The van der Waals surface area contributed by atoms with Gasteiger partial charge in [0.2, 0.25) is 0 Å². The van der Waals surface area contributed by atoms with E-state index >= 15 is 0 Å². The van der Waals surface area contributed by atoms with E-state index < -0.39 is 10.8 Å². The summed E-state index contributed by atoms with van der Waals surface area (Å²) in [5.74, 6) is 0. The van der Waals surface area contributed by atoms with Crippen LogP contribution in [0.25, 0.3) is 0 Å². The van der Waals surface area contributed by atoms with Gasteiger partial charge < -0.3 is 0 Å². The third kappa shape index (κ3) is 4.44. The second kappa shape index (κ2) is 6.83. The fraction of sp³-hybridized carbons (Fsp3) is 0.125. The van der Waals surface area contributed by atoms with Crippen molar-refractivity contribution in [2.75, 3.05) is 0 Å². The zero-order valence-electron chi connectivity index (χ0n) is 10.7. The number of allylic oxidation sites excluding steroid dienone is 1. The van der Waals surface area contributed by atoms with Gasteiger partial charge in [0, 0.05) is 21.2 Å². The minimum Gasteiger partial charge on any atom is -0.250 e. The minimum absolute atomic E-state index is 0.762. The third-order valence-corrected chi connectivity index (χ3v) is 4.75. The van der Waals surface area contributed by atoms with Crippen molar-refractivity contribution in [1.82, 2.24) is 0 Å². The van der Waals surface area contributed by atoms with Crippen LogP contribution in [0.1, 0.15) is 11.1 Å². The Morgan fingerprint density at radius 1 is 1.11 bits per heavy atom. The highest BCUT2D eigenvalue weighted by Gasteiger charge is 2.02. The normalized spacial score (nSPS) is 13.3. The van der Waals surface area contributed by atoms with Gasteiger partial charge in [0.05, 0.1) is 10.8 Å². The molecule has 19 heavy (non-hydrogen) atoms. The highest BCUT2D eigenvalue weighted by atomic mass is 79.9. The van der Waals surface area contributed by atoms with E-state index in [2.05, 4.69) is 28.1 Å². The van der Waals surface area contributed by atoms with E-state index in [-0.39, 0.29) is 0 Å². The Kier molecular flexibility index (Phi) is 5.11. The lowest BCUT2D eigenvalue weighted by Crippen LogP contribution is -1.90. The molecule has 2 aromatic rings. The molecule has 0 N–H and O–H groups in total. The van der Waals surface area contributed by atoms with Crippen LogP contribution in [0.3, 0.4) is 0 Å². The standard InChI is InChI=1S/C16H15BrOS/c1-13-7-9-16(10-8-13)19(18)12-15(17)11-14-5-3-2-4-6-14/h2-10,12H,11H2,1H3/b15-12+/t19-/m1/s1. The molecule has 0 heterocycles. The van der Waals surface area contributed by atoms with Crippen LogP contribution in [0.15, 0.2) is 69.4 Å². The zero-order valence-corrected chi connectivity index (χ0v) is 13.1. The molecule has 0 aliphatic rings. The second-order valence-electron chi connectivity index (χ2n) is 4.34. The van der Waals surface area contributed by atoms with Crippen molar-refractivity contribution in [3.63, 3.8) is 0 Å². The Morgan fingerprint density at radius 3 is 2.37 bits per heavy atom. The van der Waals surface area contributed by atoms with Gasteiger partial charge in [-0.2, -0.15) is 0 Å². The van der Waals surface area contributed by atoms with Crippen LogP contribution in [-0.2, 0) is 17.2 Å². The summed E-state index contributed by atoms with van der Waals surface area (Å²) in [7, 11) is -1.10. The SMILES string of the molecule is Cc1ccc([S@](=O)/C=C(/Br)Cc2ccccc2)cc1. The summed E-state index contributed by atoms with van der Waals surface area (Å²) >= 11 is 3.50. The van der Waals surface area contributed by atoms with E-state index in [0.29, 0.717) is 0 Å². The van der Waals surface area contributed by atoms with Gasteiger partial charge in [-0.05, 0) is 24.6 Å². The lowest BCUT2D eigenvalue weighted by molar-refractivity contribution is 0.688. The van der Waals surface area contributed by atoms with Gasteiger partial charge in [-0.15, -0.1) is 0 Å². The summed E-state index contributed by atoms with van der Waals surface area (Å²) in [5.41, 5.74) is 2.37. The van der Waals surface area contributed by atoms with Crippen LogP contribution >= 0.6 is 15.9 Å². The summed E-state index contributed by atoms with van der Waals surface area (Å²) < 4.78 is 13.1. The molecule has 0 amide bonds. The van der Waals surface area contributed by atoms with Crippen LogP contribution in [0.2, 0.25) is 0 Å². The van der Waals surface area contributed by atoms with Crippen LogP contribution in [0, 0.1) is 6.92 Å². The molecule has 3 heteroatoms. The Balaban J connectivity index is 2.08. The Labute approximate surface area is 125 Å². The Hall–Kier alpha value is -1.19. The molecule has 1 atom stereocenters. The number of hydrogen-bond acceptors (Lipinski definition) is 1. The van der Waals surface area contributed by atoms with E-state index in [1.807, 2.05) is 49.4 Å². The average molecular weight is 335 g/mol. The topological polar surface area (TPSA) is 17.1 Å². The maximum Gasteiger partial charge on any atom is 0.0784 e. The van der Waals surface area contributed by atoms with Crippen molar-refractivity contribution in [2.24, 2.45) is 0 Å². The first-order valence-electron chi connectivity index (χ1n) is 6.02. The summed E-state index contributed by atoms with van der Waals surface area (Å²) in [5, 5.41) is 1.76. The van der Waals surface area contributed by atoms with E-state index in [1.54, 1.807) is 5.41 Å². The summed E-state index contributed by atoms with van der Waals surface area (Å²) in [6.45, 7) is 2.02. The molecule has 0 aliphatic carbocycles. The van der Waals surface area contributed by atoms with E-state index in [1.165, 1.54) is 11.1 Å². The molecule has 2 rings (SSSR count). The summed E-state index contributed by atoms with van der Waals surface area (Å²) in [6.07, 6.45) is 0.762. The number of benzene rings is 2. The molecule has 0 aromatic heterocycles. The fourth-order valence-corrected chi connectivity index (χ4v) is 3.38. The number of aryl methyl sites for hydroxylation is 1. The van der Waals surface area contributed by atoms with Crippen molar-refractivity contribution >= 4 is 26.7 Å². The molecule has 98 valence electrons. The minimum atomic E-state index is -1.10. The molecule has 2 aromatic carbocycles. The monoisotopic (exact) mass is 334 g/mol. The molecule has 0 fully saturated rings. The first-order chi connectivity index (χ1) is 9.15. The average Bonchev–Trinajstić information content (AvgIpc) is 2.40. The number of hydrogen-bond donors (Lipinski definition) is 0. The fourth-order valence-electron chi connectivity index (χ4n) is 1.69. The van der Waals surface area contributed by atoms with Crippen LogP contribution in [0.4, 0.5) is 0 Å². The highest BCUT2D eigenvalue weighted by Crippen LogP contribution is 2.17. The van der Waals surface area contributed by atoms with Gasteiger partial charge in [0.25, 0.3) is 0 Å². The molecule has 0 radical (unpaired) electrons. The zero-order chi connectivity index (χ0) is 13.7. The molecule has 1 nitrogen and oxygen atoms in total. The van der Waals surface area contributed by atoms with E-state index in [9.17, 15) is 4.21 Å². The molecule has 0 unspecified atom stereocenters. The Bertz CT molecular complexity index is 588. The van der Waals surface area contributed by atoms with Crippen molar-refractivity contribution in [2.45, 2.75) is 18.2 Å². The molecular weight excluding hydrogens is 320 g/mol. The van der Waals surface area contributed by atoms with E-state index in [0.717, 1.165) is 15.8 Å². The third-order valence-electron chi connectivity index (χ3n) is 2.70. The van der Waals surface area contributed by atoms with Crippen molar-refractivity contribution in [3.05, 3.63) is 75.6 Å². The first kappa shape index (κ1) is 14.2. The van der Waals surface area contributed by atoms with Gasteiger partial charge in [-0.25, -0.2) is 4.21 Å². The summed E-state index contributed by atoms with van der Waals surface area (Å²) in [6, 6.07) is 17.9. The van der Waals surface area contributed by atoms with E-state index in [4.69, 9.17) is 0 Å². The number of rotatable bonds is 4. The van der Waals surface area contributed by atoms with Gasteiger partial charge in [0.1, 0.15) is 0 Å². The van der Waals surface area contributed by atoms with Gasteiger partial charge in [0.15, 0.2) is 0 Å². The molecular formula is C16H15BrOS. The largest absolute Gasteiger partial charge is 0.250 e. The predicted molar refractivity (Wildman–Crippen MR) is 84.7 cm³/mol. The molecule has 0 bridgehead atoms. The molecule has 0 saturated heterocycles. The Morgan fingerprint density at radius 2 is 1.74 bits per heavy atom. The maximum absolute atomic E-state index is 12.2. The lowest BCUT2D eigenvalue weighted by Gasteiger charge is -2.01. The lowest BCUT2D eigenvalue weighted by atomic mass is 10.2. The molecule has 0 saturated carbocycles. The van der Waals surface area contributed by atoms with Crippen molar-refractivity contribution in [1.29, 1.82) is 0 Å². The molecule has 0 spiro atoms. The summed E-state index contributed by atoms with van der Waals surface area (Å²) in [4.78, 5) is 0.829. The maximum atomic E-state index is 12.2. The second-order valence-corrected chi connectivity index (χ2v) is 6.66. The first-order valence-corrected chi connectivity index (χ1v) is 8.03. The smallest absolute Gasteiger partial charge is 0.0784 e. The predicted octanol–water partition coefficient (Wildman–Crippen LogP) is 4.58. The van der Waals surface area contributed by atoms with Crippen LogP contribution < -0.4 is 0 Å². The quantitative estimate of drug-likeness (QED) is 0.799. The van der Waals surface area contributed by atoms with Crippen LogP contribution in [-0.4, -0.2) is 4.21 Å². The van der Waals surface area contributed by atoms with Crippen molar-refractivity contribution in [3.8, 4) is 0 Å². The van der Waals surface area contributed by atoms with Crippen molar-refractivity contribution < 1.29 is 4.21 Å². The van der Waals surface area contributed by atoms with Crippen LogP contribution in [0.5, 0.6) is 0 Å².